The van der Waals surface area contributed by atoms with E-state index in [2.05, 4.69) is 35.9 Å². The maximum atomic E-state index is 5.94. The van der Waals surface area contributed by atoms with Crippen LogP contribution in [-0.4, -0.2) is 18.1 Å². The minimum Gasteiger partial charge on any atom is -0.356 e. The Balaban J connectivity index is 2.21. The van der Waals surface area contributed by atoms with E-state index in [1.807, 2.05) is 6.92 Å². The Labute approximate surface area is 115 Å². The van der Waals surface area contributed by atoms with Gasteiger partial charge in [0.2, 0.25) is 0 Å². The molecule has 0 aromatic carbocycles. The van der Waals surface area contributed by atoms with Crippen molar-refractivity contribution in [3.05, 3.63) is 23.4 Å². The topological polar surface area (TPSA) is 16.1 Å². The van der Waals surface area contributed by atoms with E-state index in [1.165, 1.54) is 24.8 Å². The maximum Gasteiger partial charge on any atom is 0.129 e. The summed E-state index contributed by atoms with van der Waals surface area (Å²) in [5.74, 6) is 1.67. The molecule has 0 atom stereocenters. The Kier molecular flexibility index (Phi) is 4.16. The standard InChI is InChI=1S/C15H23ClN2/c1-4-15(5-2)6-7-18(11-15)14-9-13(10-16)8-12(3)17-14/h8-9H,4-7,10-11H2,1-3H3. The van der Waals surface area contributed by atoms with E-state index in [0.717, 1.165) is 24.6 Å². The monoisotopic (exact) mass is 266 g/mol. The number of hydrogen-bond donors (Lipinski definition) is 0. The van der Waals surface area contributed by atoms with Crippen molar-refractivity contribution < 1.29 is 0 Å². The molecule has 0 saturated carbocycles. The number of hydrogen-bond acceptors (Lipinski definition) is 2. The van der Waals surface area contributed by atoms with Crippen LogP contribution in [0.4, 0.5) is 5.82 Å². The lowest BCUT2D eigenvalue weighted by Crippen LogP contribution is -2.26. The van der Waals surface area contributed by atoms with Gasteiger partial charge < -0.3 is 4.90 Å². The predicted octanol–water partition coefficient (Wildman–Crippen LogP) is 4.15. The molecular weight excluding hydrogens is 244 g/mol. The lowest BCUT2D eigenvalue weighted by Gasteiger charge is -2.27. The van der Waals surface area contributed by atoms with Gasteiger partial charge in [-0.1, -0.05) is 13.8 Å². The van der Waals surface area contributed by atoms with Crippen molar-refractivity contribution in [2.45, 2.75) is 45.9 Å². The highest BCUT2D eigenvalue weighted by Gasteiger charge is 2.35. The third-order valence-electron chi connectivity index (χ3n) is 4.42. The van der Waals surface area contributed by atoms with Crippen LogP contribution in [0, 0.1) is 12.3 Å². The zero-order valence-corrected chi connectivity index (χ0v) is 12.4. The first-order valence-corrected chi connectivity index (χ1v) is 7.44. The molecule has 1 aromatic rings. The van der Waals surface area contributed by atoms with Crippen LogP contribution in [0.1, 0.15) is 44.4 Å². The first-order valence-electron chi connectivity index (χ1n) is 6.91. The van der Waals surface area contributed by atoms with Crippen LogP contribution in [0.5, 0.6) is 0 Å². The molecule has 2 rings (SSSR count). The minimum atomic E-state index is 0.493. The molecule has 0 spiro atoms. The summed E-state index contributed by atoms with van der Waals surface area (Å²) in [4.78, 5) is 7.09. The Morgan fingerprint density at radius 2 is 2.06 bits per heavy atom. The third kappa shape index (κ3) is 2.64. The molecule has 0 aliphatic carbocycles. The second kappa shape index (κ2) is 5.48. The van der Waals surface area contributed by atoms with Gasteiger partial charge in [0.15, 0.2) is 0 Å². The van der Waals surface area contributed by atoms with Gasteiger partial charge in [-0.05, 0) is 49.3 Å². The summed E-state index contributed by atoms with van der Waals surface area (Å²) in [6.07, 6.45) is 3.80. The Morgan fingerprint density at radius 3 is 2.61 bits per heavy atom. The van der Waals surface area contributed by atoms with Crippen LogP contribution in [0.25, 0.3) is 0 Å². The largest absolute Gasteiger partial charge is 0.356 e. The van der Waals surface area contributed by atoms with Crippen molar-refractivity contribution >= 4 is 17.4 Å². The molecular formula is C15H23ClN2. The summed E-state index contributed by atoms with van der Waals surface area (Å²) in [5.41, 5.74) is 2.73. The molecule has 3 heteroatoms. The Bertz CT molecular complexity index is 413. The number of anilines is 1. The van der Waals surface area contributed by atoms with E-state index in [4.69, 9.17) is 11.6 Å². The number of rotatable bonds is 4. The molecule has 2 heterocycles. The van der Waals surface area contributed by atoms with E-state index in [1.54, 1.807) is 0 Å². The summed E-state index contributed by atoms with van der Waals surface area (Å²) in [6.45, 7) is 8.92. The van der Waals surface area contributed by atoms with E-state index in [-0.39, 0.29) is 0 Å². The van der Waals surface area contributed by atoms with E-state index >= 15 is 0 Å². The number of aromatic nitrogens is 1. The number of nitrogens with zero attached hydrogens (tertiary/aromatic N) is 2. The summed E-state index contributed by atoms with van der Waals surface area (Å²) < 4.78 is 0. The highest BCUT2D eigenvalue weighted by Crippen LogP contribution is 2.38. The molecule has 0 unspecified atom stereocenters. The Morgan fingerprint density at radius 1 is 1.33 bits per heavy atom. The maximum absolute atomic E-state index is 5.94. The molecule has 2 nitrogen and oxygen atoms in total. The van der Waals surface area contributed by atoms with Crippen molar-refractivity contribution in [3.63, 3.8) is 0 Å². The van der Waals surface area contributed by atoms with Crippen LogP contribution in [-0.2, 0) is 5.88 Å². The molecule has 1 fully saturated rings. The van der Waals surface area contributed by atoms with Crippen molar-refractivity contribution in [1.29, 1.82) is 0 Å². The smallest absolute Gasteiger partial charge is 0.129 e. The Hall–Kier alpha value is -0.760. The van der Waals surface area contributed by atoms with Gasteiger partial charge in [-0.3, -0.25) is 0 Å². The van der Waals surface area contributed by atoms with Gasteiger partial charge in [0.1, 0.15) is 5.82 Å². The fraction of sp³-hybridized carbons (Fsp3) is 0.667. The highest BCUT2D eigenvalue weighted by molar-refractivity contribution is 6.17. The van der Waals surface area contributed by atoms with Gasteiger partial charge in [-0.2, -0.15) is 0 Å². The van der Waals surface area contributed by atoms with Crippen molar-refractivity contribution in [1.82, 2.24) is 4.98 Å². The summed E-state index contributed by atoms with van der Waals surface area (Å²) >= 11 is 5.94. The zero-order chi connectivity index (χ0) is 13.2. The van der Waals surface area contributed by atoms with Crippen molar-refractivity contribution in [2.24, 2.45) is 5.41 Å². The molecule has 1 aliphatic rings. The number of pyridine rings is 1. The molecule has 1 saturated heterocycles. The fourth-order valence-electron chi connectivity index (χ4n) is 2.92. The molecule has 18 heavy (non-hydrogen) atoms. The molecule has 0 bridgehead atoms. The summed E-state index contributed by atoms with van der Waals surface area (Å²) in [5, 5.41) is 0. The van der Waals surface area contributed by atoms with E-state index < -0.39 is 0 Å². The molecule has 0 N–H and O–H groups in total. The van der Waals surface area contributed by atoms with E-state index in [0.29, 0.717) is 11.3 Å². The van der Waals surface area contributed by atoms with Gasteiger partial charge in [0, 0.05) is 24.7 Å². The lowest BCUT2D eigenvalue weighted by atomic mass is 9.82. The average molecular weight is 267 g/mol. The van der Waals surface area contributed by atoms with Crippen LogP contribution >= 0.6 is 11.6 Å². The summed E-state index contributed by atoms with van der Waals surface area (Å²) in [6, 6.07) is 4.21. The zero-order valence-electron chi connectivity index (χ0n) is 11.7. The first-order chi connectivity index (χ1) is 8.62. The normalized spacial score (nSPS) is 18.3. The van der Waals surface area contributed by atoms with Crippen LogP contribution in [0.15, 0.2) is 12.1 Å². The SMILES string of the molecule is CCC1(CC)CCN(c2cc(CCl)cc(C)n2)C1. The first kappa shape index (κ1) is 13.7. The van der Waals surface area contributed by atoms with Gasteiger partial charge in [-0.25, -0.2) is 4.98 Å². The number of alkyl halides is 1. The van der Waals surface area contributed by atoms with Crippen molar-refractivity contribution in [2.75, 3.05) is 18.0 Å². The number of halogens is 1. The second-order valence-corrected chi connectivity index (χ2v) is 5.75. The lowest BCUT2D eigenvalue weighted by molar-refractivity contribution is 0.301. The third-order valence-corrected chi connectivity index (χ3v) is 4.72. The van der Waals surface area contributed by atoms with Gasteiger partial charge >= 0.3 is 0 Å². The van der Waals surface area contributed by atoms with Gasteiger partial charge in [0.05, 0.1) is 0 Å². The average Bonchev–Trinajstić information content (AvgIpc) is 2.83. The molecule has 0 amide bonds. The fourth-order valence-corrected chi connectivity index (χ4v) is 3.07. The molecule has 100 valence electrons. The molecule has 1 aromatic heterocycles. The van der Waals surface area contributed by atoms with Crippen LogP contribution in [0.2, 0.25) is 0 Å². The second-order valence-electron chi connectivity index (χ2n) is 5.49. The van der Waals surface area contributed by atoms with Crippen LogP contribution < -0.4 is 4.90 Å². The molecule has 0 radical (unpaired) electrons. The quantitative estimate of drug-likeness (QED) is 0.762. The van der Waals surface area contributed by atoms with Gasteiger partial charge in [0.25, 0.3) is 0 Å². The minimum absolute atomic E-state index is 0.493. The number of aryl methyl sites for hydroxylation is 1. The van der Waals surface area contributed by atoms with Gasteiger partial charge in [-0.15, -0.1) is 11.6 Å². The van der Waals surface area contributed by atoms with Crippen LogP contribution in [0.3, 0.4) is 0 Å². The van der Waals surface area contributed by atoms with Crippen molar-refractivity contribution in [3.8, 4) is 0 Å². The predicted molar refractivity (Wildman–Crippen MR) is 78.4 cm³/mol. The van der Waals surface area contributed by atoms with E-state index in [9.17, 15) is 0 Å². The molecule has 1 aliphatic heterocycles. The summed E-state index contributed by atoms with van der Waals surface area (Å²) in [7, 11) is 0. The highest BCUT2D eigenvalue weighted by atomic mass is 35.5.